The van der Waals surface area contributed by atoms with Crippen LogP contribution in [0.5, 0.6) is 17.2 Å². The van der Waals surface area contributed by atoms with Crippen molar-refractivity contribution in [3.8, 4) is 17.2 Å². The Morgan fingerprint density at radius 1 is 0.944 bits per heavy atom. The summed E-state index contributed by atoms with van der Waals surface area (Å²) < 4.78 is 21.3. The molecule has 1 atom stereocenters. The molecule has 0 spiro atoms. The Balaban J connectivity index is 1.53. The Morgan fingerprint density at radius 3 is 2.28 bits per heavy atom. The van der Waals surface area contributed by atoms with Crippen molar-refractivity contribution in [3.63, 3.8) is 0 Å². The van der Waals surface area contributed by atoms with Gasteiger partial charge in [-0.25, -0.2) is 4.79 Å². The van der Waals surface area contributed by atoms with Crippen LogP contribution in [0.15, 0.2) is 66.7 Å². The van der Waals surface area contributed by atoms with Crippen LogP contribution in [-0.2, 0) is 16.1 Å². The highest BCUT2D eigenvalue weighted by atomic mass is 16.5. The summed E-state index contributed by atoms with van der Waals surface area (Å²) in [6.07, 6.45) is 1.09. The van der Waals surface area contributed by atoms with E-state index in [1.807, 2.05) is 61.5 Å². The van der Waals surface area contributed by atoms with E-state index in [4.69, 9.17) is 18.9 Å². The Kier molecular flexibility index (Phi) is 9.92. The van der Waals surface area contributed by atoms with Gasteiger partial charge in [-0.15, -0.1) is 0 Å². The predicted octanol–water partition coefficient (Wildman–Crippen LogP) is 4.26. The average molecular weight is 492 g/mol. The Hall–Kier alpha value is -3.81. The van der Waals surface area contributed by atoms with Crippen LogP contribution < -0.4 is 19.5 Å². The third kappa shape index (κ3) is 7.60. The molecule has 7 nitrogen and oxygen atoms in total. The largest absolute Gasteiger partial charge is 0.497 e. The molecule has 36 heavy (non-hydrogen) atoms. The number of carbonyl (C=O) groups excluding carboxylic acids is 1. The van der Waals surface area contributed by atoms with Gasteiger partial charge < -0.3 is 29.4 Å². The van der Waals surface area contributed by atoms with Crippen LogP contribution in [0, 0.1) is 6.92 Å². The minimum atomic E-state index is -0.693. The van der Waals surface area contributed by atoms with Crippen molar-refractivity contribution in [1.82, 2.24) is 5.32 Å². The fraction of sp³-hybridized carbons (Fsp3) is 0.276. The second-order valence-electron chi connectivity index (χ2n) is 8.26. The molecule has 190 valence electrons. The fourth-order valence-corrected chi connectivity index (χ4v) is 3.55. The number of rotatable bonds is 12. The minimum absolute atomic E-state index is 0.138. The van der Waals surface area contributed by atoms with E-state index < -0.39 is 12.1 Å². The van der Waals surface area contributed by atoms with Gasteiger partial charge in [0.1, 0.15) is 30.0 Å². The summed E-state index contributed by atoms with van der Waals surface area (Å²) in [5, 5.41) is 13.5. The van der Waals surface area contributed by atoms with Crippen molar-refractivity contribution < 1.29 is 28.8 Å². The number of benzene rings is 3. The van der Waals surface area contributed by atoms with Crippen LogP contribution in [0.3, 0.4) is 0 Å². The molecule has 2 N–H and O–H groups in total. The summed E-state index contributed by atoms with van der Waals surface area (Å²) in [6, 6.07) is 20.6. The van der Waals surface area contributed by atoms with E-state index in [2.05, 4.69) is 5.32 Å². The van der Waals surface area contributed by atoms with Crippen molar-refractivity contribution in [2.75, 3.05) is 34.5 Å². The molecule has 0 amide bonds. The number of hydrogen-bond acceptors (Lipinski definition) is 7. The van der Waals surface area contributed by atoms with Gasteiger partial charge in [-0.2, -0.15) is 0 Å². The number of carbonyl (C=O) groups is 1. The Morgan fingerprint density at radius 2 is 1.64 bits per heavy atom. The van der Waals surface area contributed by atoms with Crippen molar-refractivity contribution in [2.45, 2.75) is 19.6 Å². The molecule has 7 heteroatoms. The highest BCUT2D eigenvalue weighted by Crippen LogP contribution is 2.24. The topological polar surface area (TPSA) is 86.3 Å². The van der Waals surface area contributed by atoms with Gasteiger partial charge in [0.15, 0.2) is 0 Å². The smallest absolute Gasteiger partial charge is 0.338 e. The zero-order valence-electron chi connectivity index (χ0n) is 21.1. The van der Waals surface area contributed by atoms with Gasteiger partial charge in [-0.05, 0) is 42.3 Å². The zero-order chi connectivity index (χ0) is 25.9. The molecule has 0 saturated carbocycles. The van der Waals surface area contributed by atoms with Crippen molar-refractivity contribution >= 4 is 17.6 Å². The van der Waals surface area contributed by atoms with Gasteiger partial charge in [0.05, 0.1) is 26.9 Å². The third-order valence-electron chi connectivity index (χ3n) is 5.59. The molecule has 0 heterocycles. The summed E-state index contributed by atoms with van der Waals surface area (Å²) in [4.78, 5) is 12.3. The fourth-order valence-electron chi connectivity index (χ4n) is 3.55. The first-order valence-electron chi connectivity index (χ1n) is 11.6. The summed E-state index contributed by atoms with van der Waals surface area (Å²) in [7, 11) is 4.59. The lowest BCUT2D eigenvalue weighted by Gasteiger charge is -2.15. The van der Waals surface area contributed by atoms with Gasteiger partial charge in [0, 0.05) is 24.7 Å². The number of esters is 1. The molecule has 0 bridgehead atoms. The maximum absolute atomic E-state index is 12.3. The highest BCUT2D eigenvalue weighted by molar-refractivity contribution is 6.21. The monoisotopic (exact) mass is 491 g/mol. The molecule has 0 radical (unpaired) electrons. The molecule has 3 rings (SSSR count). The Bertz CT molecular complexity index is 1160. The molecule has 0 saturated heterocycles. The van der Waals surface area contributed by atoms with E-state index in [9.17, 15) is 9.90 Å². The van der Waals surface area contributed by atoms with Crippen LogP contribution in [0.2, 0.25) is 0 Å². The lowest BCUT2D eigenvalue weighted by atomic mass is 10.0. The first kappa shape index (κ1) is 26.8. The Labute approximate surface area is 212 Å². The summed E-state index contributed by atoms with van der Waals surface area (Å²) in [5.41, 5.74) is 4.17. The standard InChI is InChI=1S/C29H33NO6/c1-20-5-9-22(10-6-20)27(29(32)35-4)15-21-7-12-25(13-8-21)36-19-24(31)18-30-17-23-11-14-26(33-2)16-28(23)34-3/h5-16,24,30-31H,17-19H2,1-4H3/b27-15+. The summed E-state index contributed by atoms with van der Waals surface area (Å²) in [6.45, 7) is 3.03. The number of aliphatic hydroxyl groups is 1. The van der Waals surface area contributed by atoms with Crippen LogP contribution >= 0.6 is 0 Å². The SMILES string of the molecule is COC(=O)/C(=C/c1ccc(OCC(O)CNCc2ccc(OC)cc2OC)cc1)c1ccc(C)cc1. The second-order valence-corrected chi connectivity index (χ2v) is 8.26. The lowest BCUT2D eigenvalue weighted by Crippen LogP contribution is -2.31. The van der Waals surface area contributed by atoms with E-state index in [0.29, 0.717) is 24.4 Å². The predicted molar refractivity (Wildman–Crippen MR) is 140 cm³/mol. The molecule has 3 aromatic carbocycles. The van der Waals surface area contributed by atoms with E-state index in [-0.39, 0.29) is 6.61 Å². The van der Waals surface area contributed by atoms with Crippen LogP contribution in [0.1, 0.15) is 22.3 Å². The van der Waals surface area contributed by atoms with Gasteiger partial charge >= 0.3 is 5.97 Å². The first-order valence-corrected chi connectivity index (χ1v) is 11.6. The molecule has 3 aromatic rings. The molecule has 0 aromatic heterocycles. The number of ether oxygens (including phenoxy) is 4. The molecule has 0 aliphatic carbocycles. The number of aliphatic hydroxyl groups excluding tert-OH is 1. The van der Waals surface area contributed by atoms with Crippen LogP contribution in [0.25, 0.3) is 11.6 Å². The van der Waals surface area contributed by atoms with E-state index >= 15 is 0 Å². The molecular formula is C29H33NO6. The normalized spacial score (nSPS) is 12.1. The molecule has 0 aliphatic heterocycles. The van der Waals surface area contributed by atoms with Gasteiger partial charge in [0.2, 0.25) is 0 Å². The molecule has 1 unspecified atom stereocenters. The van der Waals surface area contributed by atoms with Gasteiger partial charge in [0.25, 0.3) is 0 Å². The van der Waals surface area contributed by atoms with Crippen LogP contribution in [-0.4, -0.2) is 51.7 Å². The number of hydrogen-bond donors (Lipinski definition) is 2. The van der Waals surface area contributed by atoms with Crippen molar-refractivity contribution in [1.29, 1.82) is 0 Å². The highest BCUT2D eigenvalue weighted by Gasteiger charge is 2.13. The van der Waals surface area contributed by atoms with Crippen molar-refractivity contribution in [2.24, 2.45) is 0 Å². The minimum Gasteiger partial charge on any atom is -0.497 e. The quantitative estimate of drug-likeness (QED) is 0.222. The van der Waals surface area contributed by atoms with E-state index in [1.54, 1.807) is 32.4 Å². The molecule has 0 aliphatic rings. The molecule has 0 fully saturated rings. The number of nitrogens with one attached hydrogen (secondary N) is 1. The summed E-state index contributed by atoms with van der Waals surface area (Å²) >= 11 is 0. The maximum atomic E-state index is 12.3. The maximum Gasteiger partial charge on any atom is 0.338 e. The number of methoxy groups -OCH3 is 3. The number of aryl methyl sites for hydroxylation is 1. The van der Waals surface area contributed by atoms with Gasteiger partial charge in [-0.1, -0.05) is 48.0 Å². The van der Waals surface area contributed by atoms with E-state index in [1.165, 1.54) is 7.11 Å². The van der Waals surface area contributed by atoms with Gasteiger partial charge in [-0.3, -0.25) is 0 Å². The molecular weight excluding hydrogens is 458 g/mol. The van der Waals surface area contributed by atoms with Crippen LogP contribution in [0.4, 0.5) is 0 Å². The zero-order valence-corrected chi connectivity index (χ0v) is 21.1. The van der Waals surface area contributed by atoms with Crippen molar-refractivity contribution in [3.05, 3.63) is 89.0 Å². The lowest BCUT2D eigenvalue weighted by molar-refractivity contribution is -0.133. The second kappa shape index (κ2) is 13.3. The van der Waals surface area contributed by atoms with E-state index in [0.717, 1.165) is 33.8 Å². The first-order chi connectivity index (χ1) is 17.4. The average Bonchev–Trinajstić information content (AvgIpc) is 2.91. The summed E-state index contributed by atoms with van der Waals surface area (Å²) in [5.74, 6) is 1.67. The third-order valence-corrected chi connectivity index (χ3v) is 5.59.